The van der Waals surface area contributed by atoms with Gasteiger partial charge in [0.05, 0.1) is 0 Å². The molecule has 2 N–H and O–H groups in total. The Bertz CT molecular complexity index is 491. The average Bonchev–Trinajstić information content (AvgIpc) is 2.40. The molecule has 17 heavy (non-hydrogen) atoms. The number of amides is 1. The van der Waals surface area contributed by atoms with E-state index >= 15 is 0 Å². The van der Waals surface area contributed by atoms with Crippen LogP contribution in [0.3, 0.4) is 0 Å². The highest BCUT2D eigenvalue weighted by Crippen LogP contribution is 2.11. The van der Waals surface area contributed by atoms with Gasteiger partial charge < -0.3 is 10.6 Å². The summed E-state index contributed by atoms with van der Waals surface area (Å²) in [6, 6.07) is 16.8. The second-order valence-corrected chi connectivity index (χ2v) is 3.65. The Kier molecular flexibility index (Phi) is 3.40. The van der Waals surface area contributed by atoms with Crippen molar-refractivity contribution >= 4 is 17.3 Å². The summed E-state index contributed by atoms with van der Waals surface area (Å²) < 4.78 is 0. The van der Waals surface area contributed by atoms with Crippen LogP contribution in [0.4, 0.5) is 11.4 Å². The third-order valence-electron chi connectivity index (χ3n) is 2.47. The summed E-state index contributed by atoms with van der Waals surface area (Å²) in [5.41, 5.74) is 2.43. The predicted octanol–water partition coefficient (Wildman–Crippen LogP) is 2.98. The SMILES string of the molecule is CNc1ccc(C(=O)Nc2ccccc2)cc1. The van der Waals surface area contributed by atoms with Crippen LogP contribution in [-0.4, -0.2) is 13.0 Å². The zero-order valence-electron chi connectivity index (χ0n) is 9.60. The molecule has 0 aliphatic heterocycles. The van der Waals surface area contributed by atoms with Gasteiger partial charge in [-0.15, -0.1) is 0 Å². The van der Waals surface area contributed by atoms with Gasteiger partial charge in [-0.2, -0.15) is 0 Å². The summed E-state index contributed by atoms with van der Waals surface area (Å²) in [7, 11) is 1.85. The van der Waals surface area contributed by atoms with E-state index in [-0.39, 0.29) is 5.91 Å². The first kappa shape index (κ1) is 11.2. The number of hydrogen-bond donors (Lipinski definition) is 2. The number of nitrogens with one attached hydrogen (secondary N) is 2. The van der Waals surface area contributed by atoms with Crippen LogP contribution in [0, 0.1) is 0 Å². The molecule has 3 heteroatoms. The van der Waals surface area contributed by atoms with Crippen molar-refractivity contribution in [2.75, 3.05) is 17.7 Å². The normalized spacial score (nSPS) is 9.71. The highest BCUT2D eigenvalue weighted by molar-refractivity contribution is 6.04. The number of anilines is 2. The van der Waals surface area contributed by atoms with Crippen LogP contribution in [0.1, 0.15) is 10.4 Å². The van der Waals surface area contributed by atoms with Gasteiger partial charge in [-0.05, 0) is 36.4 Å². The van der Waals surface area contributed by atoms with Crippen molar-refractivity contribution in [3.8, 4) is 0 Å². The second-order valence-electron chi connectivity index (χ2n) is 3.65. The monoisotopic (exact) mass is 226 g/mol. The lowest BCUT2D eigenvalue weighted by atomic mass is 10.2. The number of hydrogen-bond acceptors (Lipinski definition) is 2. The van der Waals surface area contributed by atoms with Crippen LogP contribution in [0.2, 0.25) is 0 Å². The molecular formula is C14H14N2O. The molecule has 0 saturated heterocycles. The molecular weight excluding hydrogens is 212 g/mol. The molecule has 2 aromatic rings. The molecule has 0 aromatic heterocycles. The first-order valence-electron chi connectivity index (χ1n) is 5.44. The van der Waals surface area contributed by atoms with Gasteiger partial charge in [0.2, 0.25) is 0 Å². The molecule has 0 spiro atoms. The van der Waals surface area contributed by atoms with Gasteiger partial charge in [-0.25, -0.2) is 0 Å². The molecule has 0 unspecified atom stereocenters. The molecule has 2 aromatic carbocycles. The zero-order chi connectivity index (χ0) is 12.1. The molecule has 0 fully saturated rings. The van der Waals surface area contributed by atoms with Gasteiger partial charge >= 0.3 is 0 Å². The molecule has 2 rings (SSSR count). The predicted molar refractivity (Wildman–Crippen MR) is 70.4 cm³/mol. The van der Waals surface area contributed by atoms with Crippen LogP contribution >= 0.6 is 0 Å². The van der Waals surface area contributed by atoms with Gasteiger partial charge in [0.15, 0.2) is 0 Å². The van der Waals surface area contributed by atoms with E-state index in [1.807, 2.05) is 49.5 Å². The molecule has 0 radical (unpaired) electrons. The van der Waals surface area contributed by atoms with Crippen LogP contribution in [0.15, 0.2) is 54.6 Å². The summed E-state index contributed by atoms with van der Waals surface area (Å²) in [4.78, 5) is 11.9. The largest absolute Gasteiger partial charge is 0.388 e. The summed E-state index contributed by atoms with van der Waals surface area (Å²) >= 11 is 0. The standard InChI is InChI=1S/C14H14N2O/c1-15-12-9-7-11(8-10-12)14(17)16-13-5-3-2-4-6-13/h2-10,15H,1H3,(H,16,17). The number of carbonyl (C=O) groups is 1. The Balaban J connectivity index is 2.09. The first-order valence-corrected chi connectivity index (χ1v) is 5.44. The molecule has 0 saturated carbocycles. The second kappa shape index (κ2) is 5.16. The fourth-order valence-corrected chi connectivity index (χ4v) is 1.51. The summed E-state index contributed by atoms with van der Waals surface area (Å²) in [5.74, 6) is -0.0983. The van der Waals surface area contributed by atoms with Gasteiger partial charge in [-0.1, -0.05) is 18.2 Å². The van der Waals surface area contributed by atoms with Gasteiger partial charge in [0.1, 0.15) is 0 Å². The van der Waals surface area contributed by atoms with E-state index in [9.17, 15) is 4.79 Å². The topological polar surface area (TPSA) is 41.1 Å². The molecule has 3 nitrogen and oxygen atoms in total. The lowest BCUT2D eigenvalue weighted by molar-refractivity contribution is 0.102. The third-order valence-corrected chi connectivity index (χ3v) is 2.47. The van der Waals surface area contributed by atoms with Crippen molar-refractivity contribution in [2.45, 2.75) is 0 Å². The Labute approximate surface area is 100 Å². The summed E-state index contributed by atoms with van der Waals surface area (Å²) in [6.07, 6.45) is 0. The van der Waals surface area contributed by atoms with Crippen LogP contribution in [0.25, 0.3) is 0 Å². The first-order chi connectivity index (χ1) is 8.29. The number of carbonyl (C=O) groups excluding carboxylic acids is 1. The fraction of sp³-hybridized carbons (Fsp3) is 0.0714. The quantitative estimate of drug-likeness (QED) is 0.844. The lowest BCUT2D eigenvalue weighted by Crippen LogP contribution is -2.11. The van der Waals surface area contributed by atoms with E-state index in [1.165, 1.54) is 0 Å². The molecule has 0 atom stereocenters. The maximum atomic E-state index is 11.9. The Morgan fingerprint density at radius 3 is 2.12 bits per heavy atom. The fourth-order valence-electron chi connectivity index (χ4n) is 1.51. The van der Waals surface area contributed by atoms with E-state index in [2.05, 4.69) is 10.6 Å². The van der Waals surface area contributed by atoms with Crippen molar-refractivity contribution in [1.29, 1.82) is 0 Å². The van der Waals surface area contributed by atoms with Crippen molar-refractivity contribution in [1.82, 2.24) is 0 Å². The maximum Gasteiger partial charge on any atom is 0.255 e. The smallest absolute Gasteiger partial charge is 0.255 e. The Hall–Kier alpha value is -2.29. The van der Waals surface area contributed by atoms with E-state index in [0.717, 1.165) is 11.4 Å². The van der Waals surface area contributed by atoms with Gasteiger partial charge in [-0.3, -0.25) is 4.79 Å². The van der Waals surface area contributed by atoms with Crippen molar-refractivity contribution < 1.29 is 4.79 Å². The van der Waals surface area contributed by atoms with Gasteiger partial charge in [0.25, 0.3) is 5.91 Å². The Morgan fingerprint density at radius 2 is 1.53 bits per heavy atom. The van der Waals surface area contributed by atoms with Crippen molar-refractivity contribution in [2.24, 2.45) is 0 Å². The van der Waals surface area contributed by atoms with E-state index in [1.54, 1.807) is 12.1 Å². The van der Waals surface area contributed by atoms with E-state index in [4.69, 9.17) is 0 Å². The zero-order valence-corrected chi connectivity index (χ0v) is 9.60. The number of para-hydroxylation sites is 1. The van der Waals surface area contributed by atoms with Gasteiger partial charge in [0, 0.05) is 24.0 Å². The Morgan fingerprint density at radius 1 is 0.882 bits per heavy atom. The maximum absolute atomic E-state index is 11.9. The molecule has 86 valence electrons. The molecule has 0 bridgehead atoms. The minimum Gasteiger partial charge on any atom is -0.388 e. The van der Waals surface area contributed by atoms with Crippen LogP contribution < -0.4 is 10.6 Å². The minimum atomic E-state index is -0.0983. The molecule has 0 aliphatic carbocycles. The average molecular weight is 226 g/mol. The van der Waals surface area contributed by atoms with Crippen LogP contribution in [0.5, 0.6) is 0 Å². The molecule has 1 amide bonds. The summed E-state index contributed by atoms with van der Waals surface area (Å²) in [5, 5.41) is 5.85. The molecule has 0 aliphatic rings. The number of rotatable bonds is 3. The van der Waals surface area contributed by atoms with Crippen LogP contribution in [-0.2, 0) is 0 Å². The minimum absolute atomic E-state index is 0.0983. The van der Waals surface area contributed by atoms with E-state index < -0.39 is 0 Å². The van der Waals surface area contributed by atoms with Crippen molar-refractivity contribution in [3.63, 3.8) is 0 Å². The lowest BCUT2D eigenvalue weighted by Gasteiger charge is -2.05. The van der Waals surface area contributed by atoms with Crippen molar-refractivity contribution in [3.05, 3.63) is 60.2 Å². The highest BCUT2D eigenvalue weighted by Gasteiger charge is 2.04. The summed E-state index contributed by atoms with van der Waals surface area (Å²) in [6.45, 7) is 0. The highest BCUT2D eigenvalue weighted by atomic mass is 16.1. The number of benzene rings is 2. The van der Waals surface area contributed by atoms with E-state index in [0.29, 0.717) is 5.56 Å². The molecule has 0 heterocycles. The third kappa shape index (κ3) is 2.84.